The van der Waals surface area contributed by atoms with Crippen molar-refractivity contribution in [2.24, 2.45) is 5.92 Å². The first-order valence-electron chi connectivity index (χ1n) is 9.48. The van der Waals surface area contributed by atoms with Gasteiger partial charge in [0.05, 0.1) is 31.1 Å². The Balaban J connectivity index is 1.44. The predicted molar refractivity (Wildman–Crippen MR) is 104 cm³/mol. The standard InChI is InChI=1S/C19H25FN2O5S/c1-13-10-21(6-5-19(13)24-7-8-25-19)17-4-3-14(9-16(17)20)22-11-15(12-26-28-2)27-18(22)23/h3-4,9,13,15H,5-8,10-12H2,1-2H3. The molecule has 3 saturated heterocycles. The third-order valence-corrected chi connectivity index (χ3v) is 5.95. The number of nitrogens with zero attached hydrogens (tertiary/aromatic N) is 2. The van der Waals surface area contributed by atoms with Gasteiger partial charge in [0.1, 0.15) is 18.5 Å². The summed E-state index contributed by atoms with van der Waals surface area (Å²) in [6.45, 7) is 5.25. The summed E-state index contributed by atoms with van der Waals surface area (Å²) in [5.74, 6) is -0.751. The number of cyclic esters (lactones) is 1. The van der Waals surface area contributed by atoms with E-state index in [4.69, 9.17) is 18.4 Å². The van der Waals surface area contributed by atoms with Crippen LogP contribution >= 0.6 is 12.0 Å². The second kappa shape index (κ2) is 8.06. The monoisotopic (exact) mass is 412 g/mol. The molecular formula is C19H25FN2O5S. The zero-order chi connectivity index (χ0) is 19.7. The topological polar surface area (TPSA) is 60.5 Å². The molecule has 0 N–H and O–H groups in total. The van der Waals surface area contributed by atoms with E-state index in [2.05, 4.69) is 6.92 Å². The van der Waals surface area contributed by atoms with E-state index in [1.165, 1.54) is 23.0 Å². The summed E-state index contributed by atoms with van der Waals surface area (Å²) >= 11 is 1.22. The van der Waals surface area contributed by atoms with Crippen LogP contribution in [0.2, 0.25) is 0 Å². The van der Waals surface area contributed by atoms with Gasteiger partial charge in [-0.1, -0.05) is 6.92 Å². The molecule has 28 heavy (non-hydrogen) atoms. The van der Waals surface area contributed by atoms with E-state index in [0.29, 0.717) is 57.3 Å². The Kier molecular flexibility index (Phi) is 5.69. The molecule has 1 spiro atoms. The summed E-state index contributed by atoms with van der Waals surface area (Å²) in [5.41, 5.74) is 1.01. The lowest BCUT2D eigenvalue weighted by molar-refractivity contribution is -0.199. The van der Waals surface area contributed by atoms with Gasteiger partial charge < -0.3 is 23.3 Å². The molecule has 1 aromatic carbocycles. The first kappa shape index (κ1) is 19.8. The normalized spacial score (nSPS) is 26.9. The number of piperidine rings is 1. The molecule has 0 radical (unpaired) electrons. The van der Waals surface area contributed by atoms with Gasteiger partial charge in [-0.2, -0.15) is 0 Å². The van der Waals surface area contributed by atoms with E-state index in [-0.39, 0.29) is 17.8 Å². The van der Waals surface area contributed by atoms with Gasteiger partial charge in [0, 0.05) is 31.7 Å². The van der Waals surface area contributed by atoms with E-state index in [1.807, 2.05) is 4.90 Å². The van der Waals surface area contributed by atoms with E-state index in [0.717, 1.165) is 0 Å². The minimum atomic E-state index is -0.528. The van der Waals surface area contributed by atoms with Crippen molar-refractivity contribution in [1.82, 2.24) is 0 Å². The van der Waals surface area contributed by atoms with Gasteiger partial charge >= 0.3 is 6.09 Å². The van der Waals surface area contributed by atoms with Crippen LogP contribution in [0, 0.1) is 11.7 Å². The van der Waals surface area contributed by atoms with Gasteiger partial charge in [-0.3, -0.25) is 4.90 Å². The number of hydrogen-bond donors (Lipinski definition) is 0. The number of rotatable bonds is 5. The van der Waals surface area contributed by atoms with E-state index >= 15 is 0 Å². The summed E-state index contributed by atoms with van der Waals surface area (Å²) in [6, 6.07) is 4.88. The van der Waals surface area contributed by atoms with Crippen molar-refractivity contribution in [3.63, 3.8) is 0 Å². The third kappa shape index (κ3) is 3.68. The predicted octanol–water partition coefficient (Wildman–Crippen LogP) is 3.03. The lowest BCUT2D eigenvalue weighted by Crippen LogP contribution is -2.51. The van der Waals surface area contributed by atoms with Crippen LogP contribution in [0.3, 0.4) is 0 Å². The maximum absolute atomic E-state index is 14.9. The Morgan fingerprint density at radius 2 is 2.11 bits per heavy atom. The van der Waals surface area contributed by atoms with Crippen molar-refractivity contribution in [3.05, 3.63) is 24.0 Å². The Morgan fingerprint density at radius 3 is 2.79 bits per heavy atom. The maximum atomic E-state index is 14.9. The summed E-state index contributed by atoms with van der Waals surface area (Å²) < 4.78 is 37.1. The van der Waals surface area contributed by atoms with Crippen LogP contribution in [0.15, 0.2) is 18.2 Å². The van der Waals surface area contributed by atoms with Gasteiger partial charge in [-0.15, -0.1) is 0 Å². The third-order valence-electron chi connectivity index (χ3n) is 5.58. The summed E-state index contributed by atoms with van der Waals surface area (Å²) in [6.07, 6.45) is 1.67. The van der Waals surface area contributed by atoms with E-state index < -0.39 is 11.9 Å². The van der Waals surface area contributed by atoms with Crippen LogP contribution < -0.4 is 9.80 Å². The van der Waals surface area contributed by atoms with Crippen LogP contribution in [-0.2, 0) is 18.4 Å². The Bertz CT molecular complexity index is 730. The van der Waals surface area contributed by atoms with Gasteiger partial charge in [-0.05, 0) is 30.2 Å². The number of ether oxygens (including phenoxy) is 3. The Labute approximate surface area is 168 Å². The van der Waals surface area contributed by atoms with Crippen molar-refractivity contribution >= 4 is 29.5 Å². The highest BCUT2D eigenvalue weighted by molar-refractivity contribution is 7.93. The number of amides is 1. The minimum Gasteiger partial charge on any atom is -0.441 e. The number of carbonyl (C=O) groups excluding carboxylic acids is 1. The molecule has 0 aromatic heterocycles. The first-order chi connectivity index (χ1) is 13.5. The molecule has 2 atom stereocenters. The molecule has 3 heterocycles. The largest absolute Gasteiger partial charge is 0.441 e. The van der Waals surface area contributed by atoms with Crippen molar-refractivity contribution in [1.29, 1.82) is 0 Å². The molecule has 0 bridgehead atoms. The number of hydrogen-bond acceptors (Lipinski definition) is 7. The van der Waals surface area contributed by atoms with Gasteiger partial charge in [0.2, 0.25) is 0 Å². The smallest absolute Gasteiger partial charge is 0.414 e. The van der Waals surface area contributed by atoms with Gasteiger partial charge in [0.15, 0.2) is 5.79 Å². The highest BCUT2D eigenvalue weighted by Gasteiger charge is 2.46. The van der Waals surface area contributed by atoms with E-state index in [1.54, 1.807) is 18.4 Å². The van der Waals surface area contributed by atoms with Crippen molar-refractivity contribution in [2.75, 3.05) is 55.5 Å². The summed E-state index contributed by atoms with van der Waals surface area (Å²) in [7, 11) is 0. The molecule has 7 nitrogen and oxygen atoms in total. The average Bonchev–Trinajstić information content (AvgIpc) is 3.30. The van der Waals surface area contributed by atoms with Crippen LogP contribution in [-0.4, -0.2) is 63.7 Å². The molecule has 1 aromatic rings. The number of anilines is 2. The number of halogens is 1. The fourth-order valence-corrected chi connectivity index (χ4v) is 4.39. The molecule has 154 valence electrons. The molecule has 4 rings (SSSR count). The highest BCUT2D eigenvalue weighted by Crippen LogP contribution is 2.38. The maximum Gasteiger partial charge on any atom is 0.414 e. The zero-order valence-electron chi connectivity index (χ0n) is 16.1. The zero-order valence-corrected chi connectivity index (χ0v) is 16.9. The second-order valence-electron chi connectivity index (χ2n) is 7.31. The van der Waals surface area contributed by atoms with Crippen molar-refractivity contribution in [2.45, 2.75) is 25.2 Å². The van der Waals surface area contributed by atoms with Crippen molar-refractivity contribution < 1.29 is 27.6 Å². The molecule has 2 unspecified atom stereocenters. The molecule has 3 aliphatic heterocycles. The average molecular weight is 412 g/mol. The van der Waals surface area contributed by atoms with Gasteiger partial charge in [-0.25, -0.2) is 9.18 Å². The number of carbonyl (C=O) groups is 1. The van der Waals surface area contributed by atoms with Gasteiger partial charge in [0.25, 0.3) is 0 Å². The Morgan fingerprint density at radius 1 is 1.32 bits per heavy atom. The quantitative estimate of drug-likeness (QED) is 0.689. The Hall–Kier alpha value is -1.55. The lowest BCUT2D eigenvalue weighted by Gasteiger charge is -2.43. The minimum absolute atomic E-state index is 0.133. The molecule has 3 fully saturated rings. The lowest BCUT2D eigenvalue weighted by atomic mass is 9.92. The molecule has 3 aliphatic rings. The van der Waals surface area contributed by atoms with Crippen LogP contribution in [0.4, 0.5) is 20.6 Å². The molecule has 1 amide bonds. The summed E-state index contributed by atoms with van der Waals surface area (Å²) in [4.78, 5) is 15.6. The summed E-state index contributed by atoms with van der Waals surface area (Å²) in [5, 5.41) is 0. The fraction of sp³-hybridized carbons (Fsp3) is 0.632. The number of benzene rings is 1. The molecule has 9 heteroatoms. The van der Waals surface area contributed by atoms with Crippen LogP contribution in [0.5, 0.6) is 0 Å². The first-order valence-corrected chi connectivity index (χ1v) is 10.6. The fourth-order valence-electron chi connectivity index (χ4n) is 4.10. The molecular weight excluding hydrogens is 387 g/mol. The van der Waals surface area contributed by atoms with Crippen molar-refractivity contribution in [3.8, 4) is 0 Å². The second-order valence-corrected chi connectivity index (χ2v) is 7.88. The highest BCUT2D eigenvalue weighted by atomic mass is 32.2. The SMILES string of the molecule is CSOCC1CN(c2ccc(N3CCC4(OCCO4)C(C)C3)c(F)c2)C(=O)O1. The van der Waals surface area contributed by atoms with E-state index in [9.17, 15) is 9.18 Å². The van der Waals surface area contributed by atoms with Crippen LogP contribution in [0.1, 0.15) is 13.3 Å². The molecule has 0 saturated carbocycles. The molecule has 0 aliphatic carbocycles. The van der Waals surface area contributed by atoms with Crippen LogP contribution in [0.25, 0.3) is 0 Å².